The van der Waals surface area contributed by atoms with Crippen molar-refractivity contribution in [3.05, 3.63) is 54.1 Å². The van der Waals surface area contributed by atoms with E-state index in [-0.39, 0.29) is 5.91 Å². The second kappa shape index (κ2) is 9.21. The topological polar surface area (TPSA) is 44.8 Å². The second-order valence-corrected chi connectivity index (χ2v) is 8.11. The Morgan fingerprint density at radius 2 is 2.00 bits per heavy atom. The maximum Gasteiger partial charge on any atom is 0.239 e. The van der Waals surface area contributed by atoms with Gasteiger partial charge >= 0.3 is 0 Å². The van der Waals surface area contributed by atoms with Gasteiger partial charge in [0, 0.05) is 43.6 Å². The Morgan fingerprint density at radius 1 is 1.14 bits per heavy atom. The van der Waals surface area contributed by atoms with E-state index >= 15 is 0 Å². The number of methoxy groups -OCH3 is 1. The summed E-state index contributed by atoms with van der Waals surface area (Å²) in [6.07, 6.45) is 4.46. The van der Waals surface area contributed by atoms with Gasteiger partial charge in [-0.25, -0.2) is 0 Å². The number of rotatable bonds is 6. The van der Waals surface area contributed by atoms with Crippen molar-refractivity contribution in [3.8, 4) is 5.75 Å². The van der Waals surface area contributed by atoms with Crippen molar-refractivity contribution in [2.45, 2.75) is 25.7 Å². The van der Waals surface area contributed by atoms with E-state index in [1.54, 1.807) is 7.11 Å². The summed E-state index contributed by atoms with van der Waals surface area (Å²) < 4.78 is 5.40. The van der Waals surface area contributed by atoms with Crippen LogP contribution in [0, 0.1) is 5.92 Å². The monoisotopic (exact) mass is 393 g/mol. The van der Waals surface area contributed by atoms with Gasteiger partial charge in [-0.05, 0) is 55.4 Å². The summed E-state index contributed by atoms with van der Waals surface area (Å²) >= 11 is 0. The quantitative estimate of drug-likeness (QED) is 0.816. The Hall–Kier alpha value is -2.69. The highest BCUT2D eigenvalue weighted by Gasteiger charge is 2.24. The molecule has 0 aliphatic carbocycles. The number of nitrogens with one attached hydrogen (secondary N) is 1. The number of carbonyl (C=O) groups is 1. The van der Waals surface area contributed by atoms with Gasteiger partial charge in [0.05, 0.1) is 13.7 Å². The first-order valence-corrected chi connectivity index (χ1v) is 10.7. The molecule has 154 valence electrons. The van der Waals surface area contributed by atoms with E-state index < -0.39 is 0 Å². The molecule has 2 aromatic rings. The van der Waals surface area contributed by atoms with E-state index in [2.05, 4.69) is 51.5 Å². The summed E-state index contributed by atoms with van der Waals surface area (Å²) in [5, 5.41) is 3.19. The van der Waals surface area contributed by atoms with Gasteiger partial charge in [0.15, 0.2) is 0 Å². The number of carbonyl (C=O) groups excluding carboxylic acids is 1. The zero-order valence-corrected chi connectivity index (χ0v) is 17.3. The van der Waals surface area contributed by atoms with Crippen molar-refractivity contribution in [1.82, 2.24) is 5.32 Å². The van der Waals surface area contributed by atoms with Gasteiger partial charge in [-0.3, -0.25) is 4.79 Å². The van der Waals surface area contributed by atoms with Crippen molar-refractivity contribution < 1.29 is 9.53 Å². The molecule has 0 spiro atoms. The lowest BCUT2D eigenvalue weighted by atomic mass is 10.1. The van der Waals surface area contributed by atoms with Gasteiger partial charge in [-0.2, -0.15) is 0 Å². The van der Waals surface area contributed by atoms with Crippen molar-refractivity contribution in [2.75, 3.05) is 49.6 Å². The van der Waals surface area contributed by atoms with Gasteiger partial charge in [-0.15, -0.1) is 0 Å². The Morgan fingerprint density at radius 3 is 2.83 bits per heavy atom. The molecule has 4 rings (SSSR count). The smallest absolute Gasteiger partial charge is 0.239 e. The number of fused-ring (bicyclic) bond motifs is 1. The highest BCUT2D eigenvalue weighted by molar-refractivity contribution is 5.82. The normalized spacial score (nSPS) is 18.9. The lowest BCUT2D eigenvalue weighted by Gasteiger charge is -2.25. The first kappa shape index (κ1) is 19.6. The number of hydrogen-bond acceptors (Lipinski definition) is 4. The molecule has 2 aliphatic heterocycles. The van der Waals surface area contributed by atoms with Crippen molar-refractivity contribution in [3.63, 3.8) is 0 Å². The number of benzene rings is 2. The van der Waals surface area contributed by atoms with E-state index in [1.165, 1.54) is 11.3 Å². The summed E-state index contributed by atoms with van der Waals surface area (Å²) in [5.74, 6) is 1.47. The molecule has 5 heteroatoms. The second-order valence-electron chi connectivity index (χ2n) is 8.11. The Bertz CT molecular complexity index is 824. The first-order chi connectivity index (χ1) is 14.2. The highest BCUT2D eigenvalue weighted by atomic mass is 16.5. The summed E-state index contributed by atoms with van der Waals surface area (Å²) in [6, 6.07) is 16.8. The summed E-state index contributed by atoms with van der Waals surface area (Å²) in [4.78, 5) is 17.3. The Balaban J connectivity index is 1.31. The molecule has 1 saturated heterocycles. The SMILES string of the molecule is COc1ccc2c(c1)N(CC(=O)NC[C@H]1CCN(c3ccccc3)C1)CCCC2. The molecule has 1 atom stereocenters. The zero-order valence-electron chi connectivity index (χ0n) is 17.3. The average molecular weight is 394 g/mol. The van der Waals surface area contributed by atoms with Gasteiger partial charge in [0.2, 0.25) is 5.91 Å². The molecular formula is C24H31N3O2. The van der Waals surface area contributed by atoms with Crippen LogP contribution in [0.5, 0.6) is 5.75 Å². The largest absolute Gasteiger partial charge is 0.497 e. The summed E-state index contributed by atoms with van der Waals surface area (Å²) in [7, 11) is 1.69. The van der Waals surface area contributed by atoms with E-state index in [1.807, 2.05) is 12.1 Å². The van der Waals surface area contributed by atoms with E-state index in [9.17, 15) is 4.79 Å². The Kier molecular flexibility index (Phi) is 6.23. The number of anilines is 2. The summed E-state index contributed by atoms with van der Waals surface area (Å²) in [6.45, 7) is 4.15. The molecule has 0 aromatic heterocycles. The lowest BCUT2D eigenvalue weighted by molar-refractivity contribution is -0.119. The minimum atomic E-state index is 0.110. The van der Waals surface area contributed by atoms with Crippen LogP contribution in [-0.2, 0) is 11.2 Å². The average Bonchev–Trinajstić information content (AvgIpc) is 3.15. The number of nitrogens with zero attached hydrogens (tertiary/aromatic N) is 2. The number of hydrogen-bond donors (Lipinski definition) is 1. The van der Waals surface area contributed by atoms with Crippen LogP contribution in [-0.4, -0.2) is 45.7 Å². The minimum absolute atomic E-state index is 0.110. The predicted octanol–water partition coefficient (Wildman–Crippen LogP) is 3.48. The van der Waals surface area contributed by atoms with Crippen LogP contribution in [0.3, 0.4) is 0 Å². The zero-order chi connectivity index (χ0) is 20.1. The van der Waals surface area contributed by atoms with Crippen molar-refractivity contribution in [1.29, 1.82) is 0 Å². The maximum absolute atomic E-state index is 12.7. The number of para-hydroxylation sites is 1. The maximum atomic E-state index is 12.7. The Labute approximate surface area is 173 Å². The molecule has 5 nitrogen and oxygen atoms in total. The third kappa shape index (κ3) is 4.84. The third-order valence-corrected chi connectivity index (χ3v) is 6.09. The molecule has 1 N–H and O–H groups in total. The van der Waals surface area contributed by atoms with E-state index in [0.29, 0.717) is 12.5 Å². The fourth-order valence-electron chi connectivity index (χ4n) is 4.44. The predicted molar refractivity (Wildman–Crippen MR) is 118 cm³/mol. The number of amides is 1. The first-order valence-electron chi connectivity index (χ1n) is 10.7. The van der Waals surface area contributed by atoms with Gasteiger partial charge < -0.3 is 19.9 Å². The molecule has 1 fully saturated rings. The third-order valence-electron chi connectivity index (χ3n) is 6.09. The van der Waals surface area contributed by atoms with E-state index in [0.717, 1.165) is 63.3 Å². The molecule has 2 aliphatic rings. The lowest BCUT2D eigenvalue weighted by Crippen LogP contribution is -2.40. The highest BCUT2D eigenvalue weighted by Crippen LogP contribution is 2.30. The summed E-state index contributed by atoms with van der Waals surface area (Å²) in [5.41, 5.74) is 3.73. The molecule has 0 saturated carbocycles. The van der Waals surface area contributed by atoms with Crippen LogP contribution in [0.1, 0.15) is 24.8 Å². The van der Waals surface area contributed by atoms with Crippen LogP contribution in [0.25, 0.3) is 0 Å². The van der Waals surface area contributed by atoms with Gasteiger partial charge in [0.1, 0.15) is 5.75 Å². The fraction of sp³-hybridized carbons (Fsp3) is 0.458. The molecule has 0 unspecified atom stereocenters. The van der Waals surface area contributed by atoms with Crippen molar-refractivity contribution in [2.24, 2.45) is 5.92 Å². The van der Waals surface area contributed by atoms with Crippen LogP contribution >= 0.6 is 0 Å². The molecule has 0 bridgehead atoms. The fourth-order valence-corrected chi connectivity index (χ4v) is 4.44. The number of ether oxygens (including phenoxy) is 1. The van der Waals surface area contributed by atoms with Crippen LogP contribution in [0.15, 0.2) is 48.5 Å². The molecule has 29 heavy (non-hydrogen) atoms. The van der Waals surface area contributed by atoms with Crippen LogP contribution < -0.4 is 19.9 Å². The molecule has 2 aromatic carbocycles. The molecule has 0 radical (unpaired) electrons. The standard InChI is InChI=1S/C24H31N3O2/c1-29-22-11-10-20-7-5-6-13-27(23(20)15-22)18-24(28)25-16-19-12-14-26(17-19)21-8-3-2-4-9-21/h2-4,8-11,15,19H,5-7,12-14,16-18H2,1H3,(H,25,28)/t19-/m1/s1. The minimum Gasteiger partial charge on any atom is -0.497 e. The number of aryl methyl sites for hydroxylation is 1. The van der Waals surface area contributed by atoms with Gasteiger partial charge in [0.25, 0.3) is 0 Å². The van der Waals surface area contributed by atoms with Crippen molar-refractivity contribution >= 4 is 17.3 Å². The van der Waals surface area contributed by atoms with E-state index in [4.69, 9.17) is 4.74 Å². The van der Waals surface area contributed by atoms with Crippen LogP contribution in [0.4, 0.5) is 11.4 Å². The molecule has 1 amide bonds. The molecule has 2 heterocycles. The molecular weight excluding hydrogens is 362 g/mol. The van der Waals surface area contributed by atoms with Gasteiger partial charge in [-0.1, -0.05) is 24.3 Å². The van der Waals surface area contributed by atoms with Crippen LogP contribution in [0.2, 0.25) is 0 Å².